The lowest BCUT2D eigenvalue weighted by molar-refractivity contribution is -0.155. The van der Waals surface area contributed by atoms with Crippen molar-refractivity contribution in [2.24, 2.45) is 0 Å². The Kier molecular flexibility index (Phi) is 3.93. The zero-order chi connectivity index (χ0) is 14.9. The third-order valence-electron chi connectivity index (χ3n) is 3.28. The second-order valence-corrected chi connectivity index (χ2v) is 5.98. The van der Waals surface area contributed by atoms with Crippen LogP contribution in [0, 0.1) is 6.92 Å². The number of carbonyl (C=O) groups is 1. The van der Waals surface area contributed by atoms with Gasteiger partial charge in [-0.15, -0.1) is 0 Å². The minimum Gasteiger partial charge on any atom is -0.459 e. The number of hydrogen-bond acceptors (Lipinski definition) is 2. The Morgan fingerprint density at radius 1 is 1.30 bits per heavy atom. The Morgan fingerprint density at radius 2 is 1.95 bits per heavy atom. The summed E-state index contributed by atoms with van der Waals surface area (Å²) in [7, 11) is 2.09. The van der Waals surface area contributed by atoms with Crippen molar-refractivity contribution < 1.29 is 9.53 Å². The van der Waals surface area contributed by atoms with Crippen LogP contribution in [0.2, 0.25) is 6.82 Å². The van der Waals surface area contributed by atoms with E-state index < -0.39 is 5.60 Å². The summed E-state index contributed by atoms with van der Waals surface area (Å²) in [5, 5.41) is 1.18. The van der Waals surface area contributed by atoms with Crippen molar-refractivity contribution in [3.63, 3.8) is 0 Å². The maximum Gasteiger partial charge on any atom is 0.326 e. The van der Waals surface area contributed by atoms with Gasteiger partial charge in [0.2, 0.25) is 0 Å². The average Bonchev–Trinajstić information content (AvgIpc) is 2.60. The Labute approximate surface area is 121 Å². The molecule has 2 aromatic rings. The lowest BCUT2D eigenvalue weighted by atomic mass is 9.72. The van der Waals surface area contributed by atoms with Crippen molar-refractivity contribution in [1.29, 1.82) is 0 Å². The summed E-state index contributed by atoms with van der Waals surface area (Å²) < 4.78 is 7.45. The summed E-state index contributed by atoms with van der Waals surface area (Å²) in [6.07, 6.45) is 0. The van der Waals surface area contributed by atoms with Crippen LogP contribution < -0.4 is 5.46 Å². The third kappa shape index (κ3) is 2.89. The second-order valence-electron chi connectivity index (χ2n) is 5.98. The number of aromatic nitrogens is 1. The van der Waals surface area contributed by atoms with Crippen LogP contribution in [-0.4, -0.2) is 23.4 Å². The van der Waals surface area contributed by atoms with E-state index in [1.165, 1.54) is 10.8 Å². The predicted octanol–water partition coefficient (Wildman–Crippen LogP) is 2.67. The van der Waals surface area contributed by atoms with Crippen LogP contribution in [0.25, 0.3) is 10.9 Å². The molecule has 0 aliphatic heterocycles. The van der Waals surface area contributed by atoms with Crippen LogP contribution >= 0.6 is 0 Å². The number of ether oxygens (including phenoxy) is 1. The first-order chi connectivity index (χ1) is 9.33. The van der Waals surface area contributed by atoms with Crippen molar-refractivity contribution >= 4 is 29.6 Å². The summed E-state index contributed by atoms with van der Waals surface area (Å²) in [5.41, 5.74) is 2.90. The highest BCUT2D eigenvalue weighted by Gasteiger charge is 2.19. The van der Waals surface area contributed by atoms with Crippen molar-refractivity contribution in [3.05, 3.63) is 30.0 Å². The van der Waals surface area contributed by atoms with Gasteiger partial charge in [-0.05, 0) is 39.1 Å². The first kappa shape index (κ1) is 14.7. The predicted molar refractivity (Wildman–Crippen MR) is 83.8 cm³/mol. The Bertz CT molecular complexity index is 638. The smallest absolute Gasteiger partial charge is 0.326 e. The van der Waals surface area contributed by atoms with Gasteiger partial charge in [0.1, 0.15) is 12.1 Å². The topological polar surface area (TPSA) is 31.2 Å². The molecular weight excluding hydrogens is 249 g/mol. The summed E-state index contributed by atoms with van der Waals surface area (Å²) in [6, 6.07) is 8.14. The van der Waals surface area contributed by atoms with Crippen LogP contribution in [0.4, 0.5) is 0 Å². The number of hydrogen-bond donors (Lipinski definition) is 0. The van der Waals surface area contributed by atoms with E-state index in [4.69, 9.17) is 4.74 Å². The van der Waals surface area contributed by atoms with Crippen LogP contribution in [0.3, 0.4) is 0 Å². The Morgan fingerprint density at radius 3 is 2.55 bits per heavy atom. The Balaban J connectivity index is 2.40. The van der Waals surface area contributed by atoms with Gasteiger partial charge >= 0.3 is 5.97 Å². The fourth-order valence-corrected chi connectivity index (χ4v) is 2.53. The summed E-state index contributed by atoms with van der Waals surface area (Å²) in [4.78, 5) is 12.1. The number of esters is 1. The van der Waals surface area contributed by atoms with Gasteiger partial charge in [-0.25, -0.2) is 0 Å². The summed E-state index contributed by atoms with van der Waals surface area (Å²) >= 11 is 0. The monoisotopic (exact) mass is 270 g/mol. The molecule has 1 aromatic carbocycles. The van der Waals surface area contributed by atoms with E-state index in [1.807, 2.05) is 57.3 Å². The maximum atomic E-state index is 12.1. The number of para-hydroxylation sites is 1. The molecule has 0 spiro atoms. The number of nitrogens with zero attached hydrogens (tertiary/aromatic N) is 1. The molecule has 0 aliphatic carbocycles. The van der Waals surface area contributed by atoms with E-state index in [9.17, 15) is 4.79 Å². The molecule has 0 N–H and O–H groups in total. The molecule has 0 aliphatic rings. The van der Waals surface area contributed by atoms with Gasteiger partial charge in [-0.1, -0.05) is 30.5 Å². The van der Waals surface area contributed by atoms with Gasteiger partial charge in [-0.2, -0.15) is 0 Å². The maximum absolute atomic E-state index is 12.1. The number of benzene rings is 1. The van der Waals surface area contributed by atoms with Gasteiger partial charge in [0.25, 0.3) is 0 Å². The molecule has 0 unspecified atom stereocenters. The largest absolute Gasteiger partial charge is 0.459 e. The zero-order valence-electron chi connectivity index (χ0n) is 12.9. The van der Waals surface area contributed by atoms with Crippen molar-refractivity contribution in [2.75, 3.05) is 0 Å². The fraction of sp³-hybridized carbons (Fsp3) is 0.438. The minimum absolute atomic E-state index is 0.205. The van der Waals surface area contributed by atoms with Crippen LogP contribution in [0.15, 0.2) is 24.3 Å². The molecule has 105 valence electrons. The molecule has 0 saturated carbocycles. The normalized spacial score (nSPS) is 11.7. The highest BCUT2D eigenvalue weighted by atomic mass is 16.6. The van der Waals surface area contributed by atoms with E-state index in [0.717, 1.165) is 11.2 Å². The zero-order valence-corrected chi connectivity index (χ0v) is 12.9. The molecule has 0 amide bonds. The van der Waals surface area contributed by atoms with Crippen molar-refractivity contribution in [1.82, 2.24) is 4.57 Å². The van der Waals surface area contributed by atoms with E-state index in [1.54, 1.807) is 0 Å². The Hall–Kier alpha value is -1.71. The summed E-state index contributed by atoms with van der Waals surface area (Å²) in [5.74, 6) is -0.205. The van der Waals surface area contributed by atoms with Crippen LogP contribution in [0.1, 0.15) is 26.5 Å². The molecule has 2 rings (SSSR count). The lowest BCUT2D eigenvalue weighted by Gasteiger charge is -2.20. The molecule has 0 fully saturated rings. The standard InChI is InChI=1S/C16H21BNO2/c1-11-15(17-5)12-8-6-7-9-13(12)18(11)10-14(19)20-16(2,3)4/h6-9H,10H2,1-5H3. The quantitative estimate of drug-likeness (QED) is 0.634. The number of rotatable bonds is 3. The van der Waals surface area contributed by atoms with Gasteiger partial charge in [0, 0.05) is 11.2 Å². The highest BCUT2D eigenvalue weighted by molar-refractivity contribution is 6.56. The van der Waals surface area contributed by atoms with E-state index in [0.29, 0.717) is 0 Å². The molecule has 4 heteroatoms. The molecule has 1 aromatic heterocycles. The van der Waals surface area contributed by atoms with Gasteiger partial charge < -0.3 is 9.30 Å². The van der Waals surface area contributed by atoms with Crippen molar-refractivity contribution in [2.45, 2.75) is 46.7 Å². The van der Waals surface area contributed by atoms with Crippen LogP contribution in [0.5, 0.6) is 0 Å². The second kappa shape index (κ2) is 5.35. The van der Waals surface area contributed by atoms with Gasteiger partial charge in [0.15, 0.2) is 7.28 Å². The number of carbonyl (C=O) groups excluding carboxylic acids is 1. The minimum atomic E-state index is -0.451. The SMILES string of the molecule is C[B]c1c(C)n(CC(=O)OC(C)(C)C)c2ccccc12. The molecule has 20 heavy (non-hydrogen) atoms. The molecule has 1 radical (unpaired) electrons. The first-order valence-electron chi connectivity index (χ1n) is 6.92. The molecule has 0 saturated heterocycles. The van der Waals surface area contributed by atoms with Crippen molar-refractivity contribution in [3.8, 4) is 0 Å². The van der Waals surface area contributed by atoms with Gasteiger partial charge in [0.05, 0.1) is 0 Å². The first-order valence-corrected chi connectivity index (χ1v) is 6.92. The molecular formula is C16H21BNO2. The third-order valence-corrected chi connectivity index (χ3v) is 3.28. The van der Waals surface area contributed by atoms with Gasteiger partial charge in [-0.3, -0.25) is 4.79 Å². The summed E-state index contributed by atoms with van der Waals surface area (Å²) in [6.45, 7) is 9.97. The molecule has 1 heterocycles. The molecule has 0 atom stereocenters. The molecule has 0 bridgehead atoms. The molecule has 3 nitrogen and oxygen atoms in total. The highest BCUT2D eigenvalue weighted by Crippen LogP contribution is 2.18. The van der Waals surface area contributed by atoms with E-state index >= 15 is 0 Å². The van der Waals surface area contributed by atoms with Crippen LogP contribution in [-0.2, 0) is 16.1 Å². The lowest BCUT2D eigenvalue weighted by Crippen LogP contribution is -2.27. The average molecular weight is 270 g/mol. The van der Waals surface area contributed by atoms with E-state index in [2.05, 4.69) is 13.3 Å². The van der Waals surface area contributed by atoms with E-state index in [-0.39, 0.29) is 12.5 Å². The fourth-order valence-electron chi connectivity index (χ4n) is 2.53. The number of fused-ring (bicyclic) bond motifs is 1.